The number of benzene rings is 1. The molecule has 0 amide bonds. The smallest absolute Gasteiger partial charge is 0.269 e. The molecule has 2 aromatic rings. The number of carbonyl (C=O) groups is 1. The van der Waals surface area contributed by atoms with E-state index >= 15 is 0 Å². The molecule has 108 valence electrons. The van der Waals surface area contributed by atoms with Crippen LogP contribution in [0.15, 0.2) is 36.5 Å². The number of pyridine rings is 1. The molecule has 7 heteroatoms. The average Bonchev–Trinajstić information content (AvgIpc) is 2.46. The number of rotatable bonds is 5. The fraction of sp³-hybridized carbons (Fsp3) is 0.143. The number of ketones is 1. The van der Waals surface area contributed by atoms with Crippen molar-refractivity contribution in [1.82, 2.24) is 4.98 Å². The van der Waals surface area contributed by atoms with Crippen LogP contribution in [0.1, 0.15) is 22.8 Å². The van der Waals surface area contributed by atoms with Gasteiger partial charge in [-0.1, -0.05) is 23.7 Å². The molecule has 0 radical (unpaired) electrons. The maximum atomic E-state index is 11.5. The van der Waals surface area contributed by atoms with E-state index in [1.807, 2.05) is 0 Å². The standard InChI is InChI=1S/C14H12ClN3O3/c1-9(19)12-6-14(15)17-8-13(12)16-7-10-2-4-11(5-3-10)18(20)21/h2-6,8,16H,7H2,1H3. The SMILES string of the molecule is CC(=O)c1cc(Cl)ncc1NCc1ccc([N+](=O)[O-])cc1. The first-order valence-electron chi connectivity index (χ1n) is 6.11. The third-order valence-corrected chi connectivity index (χ3v) is 3.09. The second-order valence-corrected chi connectivity index (χ2v) is 4.77. The van der Waals surface area contributed by atoms with E-state index in [-0.39, 0.29) is 16.6 Å². The fourth-order valence-corrected chi connectivity index (χ4v) is 1.95. The maximum Gasteiger partial charge on any atom is 0.269 e. The van der Waals surface area contributed by atoms with E-state index in [0.29, 0.717) is 17.8 Å². The largest absolute Gasteiger partial charge is 0.379 e. The number of halogens is 1. The molecule has 0 spiro atoms. The van der Waals surface area contributed by atoms with Crippen LogP contribution in [0.2, 0.25) is 5.15 Å². The van der Waals surface area contributed by atoms with Crippen molar-refractivity contribution in [2.75, 3.05) is 5.32 Å². The predicted octanol–water partition coefficient (Wildman–Crippen LogP) is 3.46. The third kappa shape index (κ3) is 3.76. The molecule has 2 rings (SSSR count). The van der Waals surface area contributed by atoms with E-state index in [4.69, 9.17) is 11.6 Å². The minimum Gasteiger partial charge on any atom is -0.379 e. The first kappa shape index (κ1) is 14.9. The molecule has 0 saturated heterocycles. The van der Waals surface area contributed by atoms with Crippen LogP contribution in [0.5, 0.6) is 0 Å². The number of Topliss-reactive ketones (excluding diaryl/α,β-unsaturated/α-hetero) is 1. The number of hydrogen-bond donors (Lipinski definition) is 1. The zero-order valence-corrected chi connectivity index (χ0v) is 11.9. The van der Waals surface area contributed by atoms with Gasteiger partial charge in [0, 0.05) is 24.2 Å². The molecule has 0 atom stereocenters. The molecule has 1 aromatic heterocycles. The fourth-order valence-electron chi connectivity index (χ4n) is 1.79. The molecular weight excluding hydrogens is 294 g/mol. The van der Waals surface area contributed by atoms with E-state index in [0.717, 1.165) is 5.56 Å². The Hall–Kier alpha value is -2.47. The Kier molecular flexibility index (Phi) is 4.49. The van der Waals surface area contributed by atoms with E-state index in [1.54, 1.807) is 12.1 Å². The highest BCUT2D eigenvalue weighted by molar-refractivity contribution is 6.29. The summed E-state index contributed by atoms with van der Waals surface area (Å²) in [6, 6.07) is 7.68. The van der Waals surface area contributed by atoms with Gasteiger partial charge in [-0.3, -0.25) is 14.9 Å². The highest BCUT2D eigenvalue weighted by Crippen LogP contribution is 2.20. The summed E-state index contributed by atoms with van der Waals surface area (Å²) in [6.45, 7) is 1.87. The number of non-ortho nitro benzene ring substituents is 1. The predicted molar refractivity (Wildman–Crippen MR) is 79.7 cm³/mol. The molecule has 0 aliphatic carbocycles. The van der Waals surface area contributed by atoms with E-state index in [1.165, 1.54) is 31.3 Å². The minimum atomic E-state index is -0.450. The van der Waals surface area contributed by atoms with Gasteiger partial charge in [-0.05, 0) is 18.6 Å². The molecule has 0 bridgehead atoms. The lowest BCUT2D eigenvalue weighted by molar-refractivity contribution is -0.384. The molecule has 6 nitrogen and oxygen atoms in total. The highest BCUT2D eigenvalue weighted by Gasteiger charge is 2.09. The van der Waals surface area contributed by atoms with Crippen LogP contribution < -0.4 is 5.32 Å². The van der Waals surface area contributed by atoms with Gasteiger partial charge >= 0.3 is 0 Å². The number of carbonyl (C=O) groups excluding carboxylic acids is 1. The molecule has 0 saturated carbocycles. The van der Waals surface area contributed by atoms with Gasteiger partial charge in [0.1, 0.15) is 5.15 Å². The van der Waals surface area contributed by atoms with Crippen molar-refractivity contribution in [1.29, 1.82) is 0 Å². The Balaban J connectivity index is 2.13. The van der Waals surface area contributed by atoms with Crippen molar-refractivity contribution >= 4 is 28.8 Å². The Morgan fingerprint density at radius 3 is 2.62 bits per heavy atom. The van der Waals surface area contributed by atoms with E-state index in [2.05, 4.69) is 10.3 Å². The van der Waals surface area contributed by atoms with Crippen molar-refractivity contribution in [2.24, 2.45) is 0 Å². The van der Waals surface area contributed by atoms with Crippen molar-refractivity contribution in [3.8, 4) is 0 Å². The zero-order chi connectivity index (χ0) is 15.4. The summed E-state index contributed by atoms with van der Waals surface area (Å²) in [5, 5.41) is 13.9. The first-order chi connectivity index (χ1) is 9.97. The van der Waals surface area contributed by atoms with Gasteiger partial charge in [-0.25, -0.2) is 4.98 Å². The summed E-state index contributed by atoms with van der Waals surface area (Å²) in [7, 11) is 0. The lowest BCUT2D eigenvalue weighted by Gasteiger charge is -2.10. The molecule has 1 N–H and O–H groups in total. The van der Waals surface area contributed by atoms with Gasteiger partial charge in [0.15, 0.2) is 5.78 Å². The third-order valence-electron chi connectivity index (χ3n) is 2.88. The minimum absolute atomic E-state index is 0.0383. The molecule has 0 aliphatic heterocycles. The average molecular weight is 306 g/mol. The highest BCUT2D eigenvalue weighted by atomic mass is 35.5. The molecule has 0 fully saturated rings. The lowest BCUT2D eigenvalue weighted by atomic mass is 10.1. The molecule has 1 aromatic carbocycles. The number of hydrogen-bond acceptors (Lipinski definition) is 5. The molecule has 1 heterocycles. The van der Waals surface area contributed by atoms with E-state index < -0.39 is 4.92 Å². The van der Waals surface area contributed by atoms with Crippen molar-refractivity contribution in [3.63, 3.8) is 0 Å². The van der Waals surface area contributed by atoms with Gasteiger partial charge in [0.05, 0.1) is 16.8 Å². The van der Waals surface area contributed by atoms with Gasteiger partial charge in [-0.2, -0.15) is 0 Å². The summed E-state index contributed by atoms with van der Waals surface area (Å²) in [5.41, 5.74) is 1.92. The maximum absolute atomic E-state index is 11.5. The van der Waals surface area contributed by atoms with Crippen LogP contribution in [0.4, 0.5) is 11.4 Å². The van der Waals surface area contributed by atoms with Gasteiger partial charge in [0.2, 0.25) is 0 Å². The summed E-state index contributed by atoms with van der Waals surface area (Å²) >= 11 is 5.77. The number of anilines is 1. The molecule has 0 unspecified atom stereocenters. The van der Waals surface area contributed by atoms with Crippen molar-refractivity contribution in [2.45, 2.75) is 13.5 Å². The Labute approximate surface area is 125 Å². The number of nitro groups is 1. The second-order valence-electron chi connectivity index (χ2n) is 4.39. The quantitative estimate of drug-likeness (QED) is 0.396. The van der Waals surface area contributed by atoms with Crippen LogP contribution in [-0.2, 0) is 6.54 Å². The number of nitrogens with zero attached hydrogens (tertiary/aromatic N) is 2. The summed E-state index contributed by atoms with van der Waals surface area (Å²) in [6.07, 6.45) is 1.49. The van der Waals surface area contributed by atoms with Crippen molar-refractivity contribution < 1.29 is 9.72 Å². The molecular formula is C14H12ClN3O3. The van der Waals surface area contributed by atoms with Crippen LogP contribution in [0.25, 0.3) is 0 Å². The number of aromatic nitrogens is 1. The van der Waals surface area contributed by atoms with Gasteiger partial charge in [0.25, 0.3) is 5.69 Å². The zero-order valence-electron chi connectivity index (χ0n) is 11.2. The van der Waals surface area contributed by atoms with Crippen molar-refractivity contribution in [3.05, 3.63) is 62.9 Å². The van der Waals surface area contributed by atoms with Crippen LogP contribution in [-0.4, -0.2) is 15.7 Å². The number of nitrogens with one attached hydrogen (secondary N) is 1. The summed E-state index contributed by atoms with van der Waals surface area (Å²) in [4.78, 5) is 25.6. The molecule has 0 aliphatic rings. The molecule has 21 heavy (non-hydrogen) atoms. The monoisotopic (exact) mass is 305 g/mol. The first-order valence-corrected chi connectivity index (χ1v) is 6.49. The lowest BCUT2D eigenvalue weighted by Crippen LogP contribution is -2.05. The Morgan fingerprint density at radius 2 is 2.05 bits per heavy atom. The Morgan fingerprint density at radius 1 is 1.38 bits per heavy atom. The van der Waals surface area contributed by atoms with Gasteiger partial charge in [-0.15, -0.1) is 0 Å². The van der Waals surface area contributed by atoms with E-state index in [9.17, 15) is 14.9 Å². The normalized spacial score (nSPS) is 10.2. The summed E-state index contributed by atoms with van der Waals surface area (Å²) in [5.74, 6) is -0.120. The second kappa shape index (κ2) is 6.32. The Bertz CT molecular complexity index is 686. The number of nitro benzene ring substituents is 1. The van der Waals surface area contributed by atoms with Gasteiger partial charge < -0.3 is 5.32 Å². The summed E-state index contributed by atoms with van der Waals surface area (Å²) < 4.78 is 0. The van der Waals surface area contributed by atoms with Crippen LogP contribution in [0.3, 0.4) is 0 Å². The van der Waals surface area contributed by atoms with Crippen LogP contribution >= 0.6 is 11.6 Å². The van der Waals surface area contributed by atoms with Crippen LogP contribution in [0, 0.1) is 10.1 Å². The topological polar surface area (TPSA) is 85.1 Å².